The van der Waals surface area contributed by atoms with E-state index in [1.807, 2.05) is 0 Å². The van der Waals surface area contributed by atoms with Crippen molar-refractivity contribution in [3.63, 3.8) is 0 Å². The molecule has 1 aromatic heterocycles. The molecule has 0 aliphatic heterocycles. The maximum Gasteiger partial charge on any atom is 0.311 e. The fourth-order valence-electron chi connectivity index (χ4n) is 1.75. The van der Waals surface area contributed by atoms with E-state index in [1.165, 1.54) is 25.5 Å². The van der Waals surface area contributed by atoms with Gasteiger partial charge in [-0.3, -0.25) is 15.1 Å². The number of nitro groups is 1. The SMILES string of the molecule is O=[N+]([O-])c1cncc(Br)c1NCCCC1CC1. The Labute approximate surface area is 108 Å². The second-order valence-corrected chi connectivity index (χ2v) is 5.14. The maximum absolute atomic E-state index is 10.8. The highest BCUT2D eigenvalue weighted by atomic mass is 79.9. The van der Waals surface area contributed by atoms with E-state index >= 15 is 0 Å². The van der Waals surface area contributed by atoms with Crippen LogP contribution in [-0.4, -0.2) is 16.5 Å². The van der Waals surface area contributed by atoms with Crippen LogP contribution in [0.4, 0.5) is 11.4 Å². The van der Waals surface area contributed by atoms with Crippen molar-refractivity contribution in [3.8, 4) is 0 Å². The molecule has 0 aromatic carbocycles. The van der Waals surface area contributed by atoms with Crippen molar-refractivity contribution in [2.45, 2.75) is 25.7 Å². The number of nitrogens with zero attached hydrogens (tertiary/aromatic N) is 2. The van der Waals surface area contributed by atoms with Crippen LogP contribution in [0.3, 0.4) is 0 Å². The van der Waals surface area contributed by atoms with Gasteiger partial charge in [0.25, 0.3) is 0 Å². The number of aromatic nitrogens is 1. The number of anilines is 1. The van der Waals surface area contributed by atoms with E-state index in [2.05, 4.69) is 26.2 Å². The third-order valence-corrected chi connectivity index (χ3v) is 3.47. The Bertz CT molecular complexity index is 421. The third-order valence-electron chi connectivity index (χ3n) is 2.86. The monoisotopic (exact) mass is 299 g/mol. The van der Waals surface area contributed by atoms with E-state index in [0.717, 1.165) is 18.9 Å². The molecule has 0 atom stereocenters. The van der Waals surface area contributed by atoms with Crippen LogP contribution in [0.1, 0.15) is 25.7 Å². The zero-order valence-electron chi connectivity index (χ0n) is 9.36. The van der Waals surface area contributed by atoms with Crippen LogP contribution in [0.15, 0.2) is 16.9 Å². The summed E-state index contributed by atoms with van der Waals surface area (Å²) < 4.78 is 0.637. The molecule has 92 valence electrons. The highest BCUT2D eigenvalue weighted by Crippen LogP contribution is 2.34. The number of hydrogen-bond donors (Lipinski definition) is 1. The van der Waals surface area contributed by atoms with Gasteiger partial charge in [0.2, 0.25) is 0 Å². The van der Waals surface area contributed by atoms with E-state index in [1.54, 1.807) is 6.20 Å². The van der Waals surface area contributed by atoms with Crippen molar-refractivity contribution in [3.05, 3.63) is 27.0 Å². The number of rotatable bonds is 6. The molecular weight excluding hydrogens is 286 g/mol. The number of nitrogens with one attached hydrogen (secondary N) is 1. The molecule has 0 bridgehead atoms. The zero-order valence-corrected chi connectivity index (χ0v) is 10.9. The van der Waals surface area contributed by atoms with Crippen LogP contribution in [0.5, 0.6) is 0 Å². The van der Waals surface area contributed by atoms with E-state index in [4.69, 9.17) is 0 Å². The summed E-state index contributed by atoms with van der Waals surface area (Å²) in [5.74, 6) is 0.896. The molecule has 6 heteroatoms. The molecule has 1 N–H and O–H groups in total. The van der Waals surface area contributed by atoms with E-state index in [-0.39, 0.29) is 5.69 Å². The van der Waals surface area contributed by atoms with Gasteiger partial charge in [0.1, 0.15) is 11.9 Å². The first-order chi connectivity index (χ1) is 8.18. The van der Waals surface area contributed by atoms with Crippen molar-refractivity contribution in [1.82, 2.24) is 4.98 Å². The molecule has 1 aromatic rings. The quantitative estimate of drug-likeness (QED) is 0.497. The van der Waals surface area contributed by atoms with Gasteiger partial charge in [-0.15, -0.1) is 0 Å². The molecule has 1 fully saturated rings. The van der Waals surface area contributed by atoms with Crippen LogP contribution in [-0.2, 0) is 0 Å². The Kier molecular flexibility index (Phi) is 3.93. The van der Waals surface area contributed by atoms with Gasteiger partial charge in [0, 0.05) is 12.7 Å². The Balaban J connectivity index is 1.94. The highest BCUT2D eigenvalue weighted by Gasteiger charge is 2.21. The molecule has 1 heterocycles. The van der Waals surface area contributed by atoms with E-state index < -0.39 is 4.92 Å². The lowest BCUT2D eigenvalue weighted by molar-refractivity contribution is -0.384. The Morgan fingerprint density at radius 1 is 1.53 bits per heavy atom. The lowest BCUT2D eigenvalue weighted by Crippen LogP contribution is -2.05. The second kappa shape index (κ2) is 5.44. The Hall–Kier alpha value is -1.17. The van der Waals surface area contributed by atoms with Gasteiger partial charge in [-0.05, 0) is 34.7 Å². The molecule has 1 aliphatic rings. The smallest absolute Gasteiger partial charge is 0.311 e. The minimum Gasteiger partial charge on any atom is -0.378 e. The largest absolute Gasteiger partial charge is 0.378 e. The molecular formula is C11H14BrN3O2. The number of hydrogen-bond acceptors (Lipinski definition) is 4. The number of pyridine rings is 1. The first-order valence-electron chi connectivity index (χ1n) is 5.70. The topological polar surface area (TPSA) is 68.1 Å². The Morgan fingerprint density at radius 3 is 2.94 bits per heavy atom. The van der Waals surface area contributed by atoms with Gasteiger partial charge in [-0.2, -0.15) is 0 Å². The van der Waals surface area contributed by atoms with Gasteiger partial charge in [0.05, 0.1) is 9.40 Å². The van der Waals surface area contributed by atoms with Crippen molar-refractivity contribution < 1.29 is 4.92 Å². The summed E-state index contributed by atoms with van der Waals surface area (Å²) in [4.78, 5) is 14.2. The summed E-state index contributed by atoms with van der Waals surface area (Å²) >= 11 is 3.28. The van der Waals surface area contributed by atoms with Crippen LogP contribution < -0.4 is 5.32 Å². The van der Waals surface area contributed by atoms with Gasteiger partial charge >= 0.3 is 5.69 Å². The van der Waals surface area contributed by atoms with Crippen molar-refractivity contribution in [2.24, 2.45) is 5.92 Å². The van der Waals surface area contributed by atoms with Gasteiger partial charge in [-0.1, -0.05) is 12.8 Å². The van der Waals surface area contributed by atoms with E-state index in [9.17, 15) is 10.1 Å². The maximum atomic E-state index is 10.8. The molecule has 0 spiro atoms. The van der Waals surface area contributed by atoms with Crippen LogP contribution >= 0.6 is 15.9 Å². The minimum atomic E-state index is -0.416. The van der Waals surface area contributed by atoms with E-state index in [0.29, 0.717) is 10.2 Å². The fourth-order valence-corrected chi connectivity index (χ4v) is 2.21. The van der Waals surface area contributed by atoms with Crippen LogP contribution in [0.25, 0.3) is 0 Å². The average Bonchev–Trinajstić information content (AvgIpc) is 3.09. The lowest BCUT2D eigenvalue weighted by atomic mass is 10.2. The van der Waals surface area contributed by atoms with Crippen molar-refractivity contribution >= 4 is 27.3 Å². The molecule has 2 rings (SSSR count). The molecule has 5 nitrogen and oxygen atoms in total. The van der Waals surface area contributed by atoms with Crippen molar-refractivity contribution in [2.75, 3.05) is 11.9 Å². The summed E-state index contributed by atoms with van der Waals surface area (Å²) in [6.07, 6.45) is 7.79. The van der Waals surface area contributed by atoms with Gasteiger partial charge in [0.15, 0.2) is 0 Å². The molecule has 1 aliphatic carbocycles. The van der Waals surface area contributed by atoms with Crippen molar-refractivity contribution in [1.29, 1.82) is 0 Å². The predicted molar refractivity (Wildman–Crippen MR) is 69.0 cm³/mol. The summed E-state index contributed by atoms with van der Waals surface area (Å²) in [7, 11) is 0. The first kappa shape index (κ1) is 12.3. The zero-order chi connectivity index (χ0) is 12.3. The standard InChI is InChI=1S/C11H14BrN3O2/c12-9-6-13-7-10(15(16)17)11(9)14-5-1-2-8-3-4-8/h6-8H,1-5H2,(H,13,14). The fraction of sp³-hybridized carbons (Fsp3) is 0.545. The average molecular weight is 300 g/mol. The molecule has 17 heavy (non-hydrogen) atoms. The normalized spacial score (nSPS) is 14.6. The summed E-state index contributed by atoms with van der Waals surface area (Å²) in [6, 6.07) is 0. The summed E-state index contributed by atoms with van der Waals surface area (Å²) in [5, 5.41) is 13.9. The molecule has 0 unspecified atom stereocenters. The molecule has 1 saturated carbocycles. The molecule has 0 saturated heterocycles. The van der Waals surface area contributed by atoms with Crippen LogP contribution in [0.2, 0.25) is 0 Å². The predicted octanol–water partition coefficient (Wildman–Crippen LogP) is 3.35. The Morgan fingerprint density at radius 2 is 2.29 bits per heavy atom. The second-order valence-electron chi connectivity index (χ2n) is 4.28. The minimum absolute atomic E-state index is 0.0193. The summed E-state index contributed by atoms with van der Waals surface area (Å²) in [6.45, 7) is 0.764. The lowest BCUT2D eigenvalue weighted by Gasteiger charge is -2.08. The number of halogens is 1. The summed E-state index contributed by atoms with van der Waals surface area (Å²) in [5.41, 5.74) is 0.548. The molecule has 0 amide bonds. The van der Waals surface area contributed by atoms with Gasteiger partial charge < -0.3 is 5.32 Å². The van der Waals surface area contributed by atoms with Gasteiger partial charge in [-0.25, -0.2) is 0 Å². The first-order valence-corrected chi connectivity index (χ1v) is 6.49. The third kappa shape index (κ3) is 3.39. The molecule has 0 radical (unpaired) electrons. The highest BCUT2D eigenvalue weighted by molar-refractivity contribution is 9.10. The van der Waals surface area contributed by atoms with Crippen LogP contribution in [0, 0.1) is 16.0 Å².